The van der Waals surface area contributed by atoms with Gasteiger partial charge in [0.2, 0.25) is 5.76 Å². The van der Waals surface area contributed by atoms with Gasteiger partial charge in [-0.3, -0.25) is 4.79 Å². The maximum Gasteiger partial charge on any atom is 0.371 e. The van der Waals surface area contributed by atoms with Crippen LogP contribution in [0.5, 0.6) is 0 Å². The Labute approximate surface area is 151 Å². The highest BCUT2D eigenvalue weighted by atomic mass is 16.4. The molecule has 1 aliphatic rings. The van der Waals surface area contributed by atoms with Crippen LogP contribution < -0.4 is 4.90 Å². The van der Waals surface area contributed by atoms with Gasteiger partial charge in [0, 0.05) is 37.9 Å². The van der Waals surface area contributed by atoms with Crippen LogP contribution in [0, 0.1) is 13.8 Å². The van der Waals surface area contributed by atoms with E-state index in [1.165, 1.54) is 12.1 Å². The van der Waals surface area contributed by atoms with E-state index < -0.39 is 5.97 Å². The molecule has 0 spiro atoms. The number of carbonyl (C=O) groups is 2. The summed E-state index contributed by atoms with van der Waals surface area (Å²) in [5, 5.41) is 8.91. The number of hydrogen-bond acceptors (Lipinski definition) is 6. The molecule has 8 heteroatoms. The summed E-state index contributed by atoms with van der Waals surface area (Å²) in [4.78, 5) is 36.0. The predicted octanol–water partition coefficient (Wildman–Crippen LogP) is 2.13. The Bertz CT molecular complexity index is 804. The van der Waals surface area contributed by atoms with Gasteiger partial charge in [-0.2, -0.15) is 0 Å². The molecule has 0 bridgehead atoms. The largest absolute Gasteiger partial charge is 0.475 e. The smallest absolute Gasteiger partial charge is 0.371 e. The first-order valence-electron chi connectivity index (χ1n) is 8.52. The molecular weight excluding hydrogens is 336 g/mol. The van der Waals surface area contributed by atoms with Crippen LogP contribution in [-0.2, 0) is 0 Å². The van der Waals surface area contributed by atoms with E-state index in [0.29, 0.717) is 0 Å². The number of carboxylic acids is 1. The number of rotatable bonds is 4. The molecule has 0 unspecified atom stereocenters. The Morgan fingerprint density at radius 1 is 1.19 bits per heavy atom. The van der Waals surface area contributed by atoms with Crippen molar-refractivity contribution in [3.8, 4) is 0 Å². The first-order valence-corrected chi connectivity index (χ1v) is 8.52. The summed E-state index contributed by atoms with van der Waals surface area (Å²) >= 11 is 0. The lowest BCUT2D eigenvalue weighted by Gasteiger charge is -2.37. The van der Waals surface area contributed by atoms with Crippen LogP contribution in [0.25, 0.3) is 0 Å². The number of aromatic nitrogens is 2. The van der Waals surface area contributed by atoms with E-state index in [2.05, 4.69) is 14.9 Å². The van der Waals surface area contributed by atoms with Gasteiger partial charge in [0.15, 0.2) is 5.76 Å². The molecule has 1 aliphatic heterocycles. The molecule has 3 heterocycles. The number of furan rings is 1. The molecule has 1 amide bonds. The molecule has 1 fully saturated rings. The maximum absolute atomic E-state index is 12.5. The van der Waals surface area contributed by atoms with E-state index in [9.17, 15) is 9.59 Å². The third-order valence-corrected chi connectivity index (χ3v) is 4.64. The molecule has 0 saturated carbocycles. The summed E-state index contributed by atoms with van der Waals surface area (Å²) in [6.07, 6.45) is 1.60. The van der Waals surface area contributed by atoms with E-state index in [4.69, 9.17) is 9.52 Å². The zero-order chi connectivity index (χ0) is 18.8. The molecule has 1 N–H and O–H groups in total. The Morgan fingerprint density at radius 2 is 1.85 bits per heavy atom. The van der Waals surface area contributed by atoms with Gasteiger partial charge in [-0.1, -0.05) is 0 Å². The van der Waals surface area contributed by atoms with Crippen LogP contribution in [-0.4, -0.2) is 58.0 Å². The minimum Gasteiger partial charge on any atom is -0.475 e. The number of hydrogen-bond donors (Lipinski definition) is 1. The topological polar surface area (TPSA) is 99.8 Å². The lowest BCUT2D eigenvalue weighted by atomic mass is 10.0. The highest BCUT2D eigenvalue weighted by Crippen LogP contribution is 2.22. The lowest BCUT2D eigenvalue weighted by Crippen LogP contribution is -2.45. The minimum absolute atomic E-state index is 0.0504. The number of aromatic carboxylic acids is 1. The molecular formula is C18H22N4O4. The second-order valence-electron chi connectivity index (χ2n) is 6.52. The molecule has 0 atom stereocenters. The Kier molecular flexibility index (Phi) is 4.92. The summed E-state index contributed by atoms with van der Waals surface area (Å²) in [6, 6.07) is 4.75. The van der Waals surface area contributed by atoms with Gasteiger partial charge in [0.05, 0.1) is 0 Å². The van der Waals surface area contributed by atoms with Crippen molar-refractivity contribution < 1.29 is 19.1 Å². The van der Waals surface area contributed by atoms with Crippen LogP contribution in [0.1, 0.15) is 45.5 Å². The van der Waals surface area contributed by atoms with Crippen molar-refractivity contribution in [1.29, 1.82) is 0 Å². The van der Waals surface area contributed by atoms with Gasteiger partial charge >= 0.3 is 5.97 Å². The number of piperidine rings is 1. The van der Waals surface area contributed by atoms with Gasteiger partial charge in [0.25, 0.3) is 5.91 Å². The van der Waals surface area contributed by atoms with Crippen molar-refractivity contribution in [2.75, 3.05) is 25.0 Å². The van der Waals surface area contributed by atoms with Crippen molar-refractivity contribution in [3.63, 3.8) is 0 Å². The summed E-state index contributed by atoms with van der Waals surface area (Å²) in [5.74, 6) is 0.00149. The molecule has 2 aromatic rings. The highest BCUT2D eigenvalue weighted by molar-refractivity contribution is 5.93. The molecule has 0 radical (unpaired) electrons. The molecule has 3 rings (SSSR count). The normalized spacial score (nSPS) is 15.1. The quantitative estimate of drug-likeness (QED) is 0.893. The summed E-state index contributed by atoms with van der Waals surface area (Å²) < 4.78 is 5.12. The second kappa shape index (κ2) is 7.15. The van der Waals surface area contributed by atoms with Gasteiger partial charge in [0.1, 0.15) is 11.6 Å². The maximum atomic E-state index is 12.5. The van der Waals surface area contributed by atoms with E-state index in [1.54, 1.807) is 11.9 Å². The van der Waals surface area contributed by atoms with Crippen LogP contribution in [0.3, 0.4) is 0 Å². The summed E-state index contributed by atoms with van der Waals surface area (Å²) in [7, 11) is 1.73. The summed E-state index contributed by atoms with van der Waals surface area (Å²) in [5.41, 5.74) is 0.939. The molecule has 8 nitrogen and oxygen atoms in total. The van der Waals surface area contributed by atoms with Crippen molar-refractivity contribution >= 4 is 17.7 Å². The number of anilines is 1. The van der Waals surface area contributed by atoms with Gasteiger partial charge in [-0.05, 0) is 38.8 Å². The average molecular weight is 358 g/mol. The minimum atomic E-state index is -1.18. The van der Waals surface area contributed by atoms with Crippen LogP contribution in [0.2, 0.25) is 0 Å². The number of carboxylic acid groups (broad SMARTS) is 1. The highest BCUT2D eigenvalue weighted by Gasteiger charge is 2.28. The predicted molar refractivity (Wildman–Crippen MR) is 94.5 cm³/mol. The van der Waals surface area contributed by atoms with Crippen molar-refractivity contribution in [2.24, 2.45) is 0 Å². The Morgan fingerprint density at radius 3 is 2.42 bits per heavy atom. The third-order valence-electron chi connectivity index (χ3n) is 4.64. The fourth-order valence-electron chi connectivity index (χ4n) is 3.25. The molecule has 26 heavy (non-hydrogen) atoms. The molecule has 2 aromatic heterocycles. The molecule has 138 valence electrons. The zero-order valence-electron chi connectivity index (χ0n) is 15.1. The summed E-state index contributed by atoms with van der Waals surface area (Å²) in [6.45, 7) is 5.41. The second-order valence-corrected chi connectivity index (χ2v) is 6.52. The number of nitrogens with zero attached hydrogens (tertiary/aromatic N) is 4. The van der Waals surface area contributed by atoms with Crippen molar-refractivity contribution in [2.45, 2.75) is 32.7 Å². The van der Waals surface area contributed by atoms with Gasteiger partial charge in [-0.25, -0.2) is 14.8 Å². The van der Waals surface area contributed by atoms with Gasteiger partial charge in [-0.15, -0.1) is 0 Å². The number of carbonyl (C=O) groups excluding carboxylic acids is 1. The van der Waals surface area contributed by atoms with Crippen molar-refractivity contribution in [3.05, 3.63) is 41.2 Å². The van der Waals surface area contributed by atoms with E-state index >= 15 is 0 Å². The van der Waals surface area contributed by atoms with Gasteiger partial charge < -0.3 is 19.3 Å². The fraction of sp³-hybridized carbons (Fsp3) is 0.444. The van der Waals surface area contributed by atoms with Crippen LogP contribution >= 0.6 is 0 Å². The van der Waals surface area contributed by atoms with E-state index in [0.717, 1.165) is 43.3 Å². The number of aryl methyl sites for hydroxylation is 2. The standard InChI is InChI=1S/C18H22N4O4/c1-11-10-16(20-12(2)19-11)22-8-6-13(7-9-22)21(3)17(23)14-4-5-15(26-14)18(24)25/h4-5,10,13H,6-9H2,1-3H3,(H,24,25). The Balaban J connectivity index is 1.63. The third kappa shape index (κ3) is 3.68. The monoisotopic (exact) mass is 358 g/mol. The Hall–Kier alpha value is -2.90. The fourth-order valence-corrected chi connectivity index (χ4v) is 3.25. The van der Waals surface area contributed by atoms with E-state index in [1.807, 2.05) is 19.9 Å². The first kappa shape index (κ1) is 17.9. The SMILES string of the molecule is Cc1cc(N2CCC(N(C)C(=O)c3ccc(C(=O)O)o3)CC2)nc(C)n1. The average Bonchev–Trinajstić information content (AvgIpc) is 3.10. The first-order chi connectivity index (χ1) is 12.3. The van der Waals surface area contributed by atoms with E-state index in [-0.39, 0.29) is 23.5 Å². The molecule has 0 aliphatic carbocycles. The molecule has 0 aromatic carbocycles. The zero-order valence-corrected chi connectivity index (χ0v) is 15.1. The van der Waals surface area contributed by atoms with Crippen LogP contribution in [0.15, 0.2) is 22.6 Å². The lowest BCUT2D eigenvalue weighted by molar-refractivity contribution is 0.0637. The number of amides is 1. The van der Waals surface area contributed by atoms with Crippen molar-refractivity contribution in [1.82, 2.24) is 14.9 Å². The van der Waals surface area contributed by atoms with Crippen LogP contribution in [0.4, 0.5) is 5.82 Å². The molecule has 1 saturated heterocycles.